The van der Waals surface area contributed by atoms with Crippen LogP contribution in [0.5, 0.6) is 0 Å². The van der Waals surface area contributed by atoms with Crippen LogP contribution < -0.4 is 0 Å². The van der Waals surface area contributed by atoms with Crippen LogP contribution >= 0.6 is 0 Å². The quantitative estimate of drug-likeness (QED) is 0.832. The summed E-state index contributed by atoms with van der Waals surface area (Å²) in [5, 5.41) is 0.874. The van der Waals surface area contributed by atoms with Crippen LogP contribution in [0.25, 0.3) is 10.9 Å². The minimum absolute atomic E-state index is 0.0715. The Labute approximate surface area is 167 Å². The van der Waals surface area contributed by atoms with E-state index in [1.54, 1.807) is 10.4 Å². The molecule has 28 heavy (non-hydrogen) atoms. The summed E-state index contributed by atoms with van der Waals surface area (Å²) in [6.45, 7) is 9.52. The average molecular weight is 403 g/mol. The second-order valence-corrected chi connectivity index (χ2v) is 11.3. The SMILES string of the molecule is CCc1cc2c3c([nH]c2cc1S(=O)(=O)N1CCC(C)CC1)CC(C)(C)CC3=O. The van der Waals surface area contributed by atoms with Gasteiger partial charge in [-0.05, 0) is 54.7 Å². The van der Waals surface area contributed by atoms with Gasteiger partial charge in [0.1, 0.15) is 0 Å². The number of nitrogens with one attached hydrogen (secondary N) is 1. The van der Waals surface area contributed by atoms with E-state index < -0.39 is 10.0 Å². The van der Waals surface area contributed by atoms with Gasteiger partial charge in [-0.15, -0.1) is 0 Å². The lowest BCUT2D eigenvalue weighted by atomic mass is 9.76. The molecule has 5 nitrogen and oxygen atoms in total. The van der Waals surface area contributed by atoms with Crippen LogP contribution in [0.15, 0.2) is 17.0 Å². The molecule has 4 rings (SSSR count). The van der Waals surface area contributed by atoms with Crippen molar-refractivity contribution >= 4 is 26.7 Å². The fourth-order valence-corrected chi connectivity index (χ4v) is 6.49. The van der Waals surface area contributed by atoms with E-state index >= 15 is 0 Å². The maximum absolute atomic E-state index is 13.4. The number of rotatable bonds is 3. The third-order valence-electron chi connectivity index (χ3n) is 6.37. The van der Waals surface area contributed by atoms with Crippen LogP contribution in [0.2, 0.25) is 0 Å². The predicted octanol–water partition coefficient (Wildman–Crippen LogP) is 4.31. The smallest absolute Gasteiger partial charge is 0.243 e. The van der Waals surface area contributed by atoms with Crippen molar-refractivity contribution in [1.29, 1.82) is 0 Å². The first-order valence-corrected chi connectivity index (χ1v) is 11.8. The van der Waals surface area contributed by atoms with Gasteiger partial charge in [0.05, 0.1) is 4.90 Å². The van der Waals surface area contributed by atoms with Crippen LogP contribution in [0.1, 0.15) is 68.6 Å². The molecule has 1 aromatic heterocycles. The average Bonchev–Trinajstić information content (AvgIpc) is 2.96. The fraction of sp³-hybridized carbons (Fsp3) is 0.591. The molecule has 0 bridgehead atoms. The number of sulfonamides is 1. The molecule has 152 valence electrons. The highest BCUT2D eigenvalue weighted by atomic mass is 32.2. The maximum atomic E-state index is 13.4. The van der Waals surface area contributed by atoms with Crippen molar-refractivity contribution in [3.63, 3.8) is 0 Å². The summed E-state index contributed by atoms with van der Waals surface area (Å²) in [5.41, 5.74) is 3.19. The summed E-state index contributed by atoms with van der Waals surface area (Å²) in [6, 6.07) is 3.69. The standard InChI is InChI=1S/C22H30N2O3S/c1-5-15-10-16-17(23-18-12-22(3,4)13-19(25)21(16)18)11-20(15)28(26,27)24-8-6-14(2)7-9-24/h10-11,14,23H,5-9,12-13H2,1-4H3. The van der Waals surface area contributed by atoms with Crippen molar-refractivity contribution in [2.24, 2.45) is 11.3 Å². The Morgan fingerprint density at radius 2 is 1.86 bits per heavy atom. The van der Waals surface area contributed by atoms with E-state index in [0.717, 1.165) is 47.0 Å². The summed E-state index contributed by atoms with van der Waals surface area (Å²) in [6.07, 6.45) is 3.76. The number of fused-ring (bicyclic) bond motifs is 3. The lowest BCUT2D eigenvalue weighted by molar-refractivity contribution is 0.0913. The van der Waals surface area contributed by atoms with E-state index in [-0.39, 0.29) is 11.2 Å². The van der Waals surface area contributed by atoms with Crippen LogP contribution in [0, 0.1) is 11.3 Å². The molecule has 0 saturated carbocycles. The Morgan fingerprint density at radius 3 is 2.50 bits per heavy atom. The number of carbonyl (C=O) groups is 1. The molecule has 1 aromatic carbocycles. The van der Waals surface area contributed by atoms with Gasteiger partial charge in [0.2, 0.25) is 10.0 Å². The van der Waals surface area contributed by atoms with Crippen molar-refractivity contribution in [1.82, 2.24) is 9.29 Å². The van der Waals surface area contributed by atoms with Gasteiger partial charge < -0.3 is 4.98 Å². The molecule has 2 aliphatic rings. The monoisotopic (exact) mass is 402 g/mol. The number of aromatic amines is 1. The number of benzene rings is 1. The van der Waals surface area contributed by atoms with E-state index in [4.69, 9.17) is 0 Å². The summed E-state index contributed by atoms with van der Waals surface area (Å²) in [7, 11) is -3.53. The first-order valence-electron chi connectivity index (χ1n) is 10.3. The van der Waals surface area contributed by atoms with Gasteiger partial charge in [-0.2, -0.15) is 4.31 Å². The molecular formula is C22H30N2O3S. The summed E-state index contributed by atoms with van der Waals surface area (Å²) in [4.78, 5) is 16.6. The normalized spacial score (nSPS) is 21.2. The number of ketones is 1. The zero-order chi connectivity index (χ0) is 20.3. The Hall–Kier alpha value is -1.66. The molecule has 0 amide bonds. The minimum Gasteiger partial charge on any atom is -0.358 e. The molecule has 2 heterocycles. The van der Waals surface area contributed by atoms with Crippen LogP contribution in [-0.4, -0.2) is 36.6 Å². The zero-order valence-corrected chi connectivity index (χ0v) is 18.1. The summed E-state index contributed by atoms with van der Waals surface area (Å²) in [5.74, 6) is 0.726. The summed E-state index contributed by atoms with van der Waals surface area (Å²) >= 11 is 0. The van der Waals surface area contributed by atoms with Crippen molar-refractivity contribution in [2.75, 3.05) is 13.1 Å². The largest absolute Gasteiger partial charge is 0.358 e. The molecule has 0 spiro atoms. The highest BCUT2D eigenvalue weighted by Crippen LogP contribution is 2.39. The van der Waals surface area contributed by atoms with Crippen LogP contribution in [0.3, 0.4) is 0 Å². The Morgan fingerprint density at radius 1 is 1.18 bits per heavy atom. The number of H-pyrrole nitrogens is 1. The lowest BCUT2D eigenvalue weighted by Gasteiger charge is -2.30. The van der Waals surface area contributed by atoms with Crippen molar-refractivity contribution in [3.8, 4) is 0 Å². The van der Waals surface area contributed by atoms with E-state index in [1.165, 1.54) is 0 Å². The second-order valence-electron chi connectivity index (χ2n) is 9.37. The predicted molar refractivity (Wildman–Crippen MR) is 111 cm³/mol. The van der Waals surface area contributed by atoms with Crippen LogP contribution in [0.4, 0.5) is 0 Å². The van der Waals surface area contributed by atoms with Gasteiger partial charge in [-0.1, -0.05) is 27.7 Å². The van der Waals surface area contributed by atoms with Crippen molar-refractivity contribution in [2.45, 2.75) is 64.7 Å². The van der Waals surface area contributed by atoms with Gasteiger partial charge in [-0.3, -0.25) is 4.79 Å². The highest BCUT2D eigenvalue weighted by molar-refractivity contribution is 7.89. The number of carbonyl (C=O) groups excluding carboxylic acids is 1. The molecule has 1 saturated heterocycles. The van der Waals surface area contributed by atoms with Gasteiger partial charge in [-0.25, -0.2) is 8.42 Å². The molecule has 0 atom stereocenters. The number of hydrogen-bond acceptors (Lipinski definition) is 3. The van der Waals surface area contributed by atoms with Gasteiger partial charge in [0.25, 0.3) is 0 Å². The Bertz CT molecular complexity index is 1040. The second kappa shape index (κ2) is 6.70. The topological polar surface area (TPSA) is 70.2 Å². The van der Waals surface area contributed by atoms with Gasteiger partial charge in [0, 0.05) is 41.7 Å². The van der Waals surface area contributed by atoms with Crippen LogP contribution in [-0.2, 0) is 22.9 Å². The van der Waals surface area contributed by atoms with Crippen molar-refractivity contribution < 1.29 is 13.2 Å². The Kier molecular flexibility index (Phi) is 4.70. The molecule has 2 aromatic rings. The molecule has 1 aliphatic carbocycles. The zero-order valence-electron chi connectivity index (χ0n) is 17.3. The van der Waals surface area contributed by atoms with E-state index in [0.29, 0.717) is 36.7 Å². The first kappa shape index (κ1) is 19.6. The third kappa shape index (κ3) is 3.20. The maximum Gasteiger partial charge on any atom is 0.243 e. The highest BCUT2D eigenvalue weighted by Gasteiger charge is 2.35. The minimum atomic E-state index is -3.53. The Balaban J connectivity index is 1.84. The third-order valence-corrected chi connectivity index (χ3v) is 8.35. The number of nitrogens with zero attached hydrogens (tertiary/aromatic N) is 1. The summed E-state index contributed by atoms with van der Waals surface area (Å²) < 4.78 is 28.4. The molecule has 0 unspecified atom stereocenters. The van der Waals surface area contributed by atoms with E-state index in [1.807, 2.05) is 13.0 Å². The number of Topliss-reactive ketones (excluding diaryl/α,β-unsaturated/α-hetero) is 1. The molecule has 1 N–H and O–H groups in total. The molecule has 1 aliphatic heterocycles. The molecular weight excluding hydrogens is 372 g/mol. The number of aryl methyl sites for hydroxylation is 1. The van der Waals surface area contributed by atoms with E-state index in [2.05, 4.69) is 25.8 Å². The van der Waals surface area contributed by atoms with Gasteiger partial charge in [0.15, 0.2) is 5.78 Å². The molecule has 0 radical (unpaired) electrons. The number of piperidine rings is 1. The molecule has 1 fully saturated rings. The number of aromatic nitrogens is 1. The number of hydrogen-bond donors (Lipinski definition) is 1. The van der Waals surface area contributed by atoms with Gasteiger partial charge >= 0.3 is 0 Å². The molecule has 6 heteroatoms. The fourth-order valence-electron chi connectivity index (χ4n) is 4.72. The van der Waals surface area contributed by atoms with E-state index in [9.17, 15) is 13.2 Å². The van der Waals surface area contributed by atoms with Crippen molar-refractivity contribution in [3.05, 3.63) is 29.0 Å². The lowest BCUT2D eigenvalue weighted by Crippen LogP contribution is -2.38. The first-order chi connectivity index (χ1) is 13.1.